The third-order valence-electron chi connectivity index (χ3n) is 11.7. The van der Waals surface area contributed by atoms with Crippen molar-refractivity contribution in [3.05, 3.63) is 0 Å². The zero-order valence-corrected chi connectivity index (χ0v) is 31.0. The summed E-state index contributed by atoms with van der Waals surface area (Å²) in [5.41, 5.74) is -17.0. The summed E-state index contributed by atoms with van der Waals surface area (Å²) in [4.78, 5) is 0. The van der Waals surface area contributed by atoms with Crippen molar-refractivity contribution < 1.29 is 64.4 Å². The molecule has 0 spiro atoms. The molecule has 0 saturated heterocycles. The molecular formula is C29H50F10O5S2. The highest BCUT2D eigenvalue weighted by molar-refractivity contribution is 8.01. The summed E-state index contributed by atoms with van der Waals surface area (Å²) in [6, 6.07) is 0. The molecule has 0 saturated carbocycles. The summed E-state index contributed by atoms with van der Waals surface area (Å²) in [5, 5.41) is 0. The Kier molecular flexibility index (Phi) is 11.1. The van der Waals surface area contributed by atoms with Crippen LogP contribution in [0.3, 0.4) is 0 Å². The third kappa shape index (κ3) is 6.32. The Balaban J connectivity index is 6.95. The summed E-state index contributed by atoms with van der Waals surface area (Å²) >= 11 is 0. The summed E-state index contributed by atoms with van der Waals surface area (Å²) in [6.07, 6.45) is -11.7. The summed E-state index contributed by atoms with van der Waals surface area (Å²) < 4.78 is 199. The normalized spacial score (nSPS) is 17.0. The van der Waals surface area contributed by atoms with Gasteiger partial charge < -0.3 is 0 Å². The van der Waals surface area contributed by atoms with Crippen molar-refractivity contribution >= 4 is 20.2 Å². The van der Waals surface area contributed by atoms with E-state index in [1.807, 2.05) is 0 Å². The molecule has 0 aliphatic rings. The minimum Gasteiger partial charge on any atom is -0.205 e. The zero-order chi connectivity index (χ0) is 38.4. The molecule has 46 heavy (non-hydrogen) atoms. The maximum atomic E-state index is 15.8. The predicted octanol–water partition coefficient (Wildman–Crippen LogP) is 10.2. The molecular weight excluding hydrogens is 682 g/mol. The van der Waals surface area contributed by atoms with Crippen LogP contribution in [0, 0.1) is 32.5 Å². The van der Waals surface area contributed by atoms with Gasteiger partial charge in [-0.05, 0) is 72.6 Å². The molecule has 17 heteroatoms. The molecule has 0 aliphatic heterocycles. The van der Waals surface area contributed by atoms with E-state index >= 15 is 17.6 Å². The van der Waals surface area contributed by atoms with E-state index in [9.17, 15) is 43.2 Å². The topological polar surface area (TPSA) is 77.5 Å². The molecule has 0 rings (SSSR count). The highest BCUT2D eigenvalue weighted by Crippen LogP contribution is 2.66. The largest absolute Gasteiger partial charge is 0.399 e. The molecule has 0 amide bonds. The van der Waals surface area contributed by atoms with Crippen molar-refractivity contribution in [3.63, 3.8) is 0 Å². The minimum atomic E-state index is -5.54. The van der Waals surface area contributed by atoms with E-state index in [-0.39, 0.29) is 13.8 Å². The smallest absolute Gasteiger partial charge is 0.205 e. The maximum absolute atomic E-state index is 15.8. The number of rotatable bonds is 13. The zero-order valence-electron chi connectivity index (χ0n) is 29.3. The van der Waals surface area contributed by atoms with Gasteiger partial charge >= 0.3 is 12.4 Å². The Morgan fingerprint density at radius 2 is 0.696 bits per heavy atom. The second kappa shape index (κ2) is 11.3. The van der Waals surface area contributed by atoms with E-state index in [2.05, 4.69) is 3.63 Å². The van der Waals surface area contributed by atoms with Gasteiger partial charge in [-0.3, -0.25) is 0 Å². The Hall–Kier alpha value is -0.840. The van der Waals surface area contributed by atoms with Crippen LogP contribution < -0.4 is 0 Å². The second-order valence-electron chi connectivity index (χ2n) is 16.6. The molecule has 0 radical (unpaired) electrons. The van der Waals surface area contributed by atoms with Crippen molar-refractivity contribution in [1.82, 2.24) is 0 Å². The fraction of sp³-hybridized carbons (Fsp3) is 1.00. The molecule has 0 fully saturated rings. The van der Waals surface area contributed by atoms with Crippen LogP contribution in [-0.2, 0) is 23.9 Å². The van der Waals surface area contributed by atoms with Crippen LogP contribution in [0.1, 0.15) is 117 Å². The summed E-state index contributed by atoms with van der Waals surface area (Å²) in [5.74, 6) is -9.14. The van der Waals surface area contributed by atoms with E-state index in [4.69, 9.17) is 0 Å². The van der Waals surface area contributed by atoms with Gasteiger partial charge in [-0.15, -0.1) is 3.63 Å². The van der Waals surface area contributed by atoms with E-state index < -0.39 is 92.8 Å². The van der Waals surface area contributed by atoms with Gasteiger partial charge in [0.25, 0.3) is 32.1 Å². The van der Waals surface area contributed by atoms with Crippen molar-refractivity contribution in [1.29, 1.82) is 0 Å². The molecule has 0 N–H and O–H groups in total. The van der Waals surface area contributed by atoms with Crippen LogP contribution in [0.2, 0.25) is 0 Å². The molecule has 0 atom stereocenters. The Labute approximate surface area is 267 Å². The molecule has 0 heterocycles. The van der Waals surface area contributed by atoms with Gasteiger partial charge in [0, 0.05) is 10.8 Å². The molecule has 0 bridgehead atoms. The number of hydrogen-bond donors (Lipinski definition) is 0. The van der Waals surface area contributed by atoms with Gasteiger partial charge in [0.1, 0.15) is 10.8 Å². The Morgan fingerprint density at radius 1 is 0.413 bits per heavy atom. The third-order valence-corrected chi connectivity index (χ3v) is 16.4. The van der Waals surface area contributed by atoms with Crippen molar-refractivity contribution in [2.24, 2.45) is 32.5 Å². The van der Waals surface area contributed by atoms with Crippen LogP contribution in [0.15, 0.2) is 0 Å². The van der Waals surface area contributed by atoms with Crippen molar-refractivity contribution in [2.45, 2.75) is 151 Å². The lowest BCUT2D eigenvalue weighted by atomic mass is 9.54. The van der Waals surface area contributed by atoms with Gasteiger partial charge in [-0.1, -0.05) is 55.4 Å². The summed E-state index contributed by atoms with van der Waals surface area (Å²) in [6.45, 7) is 11.5. The van der Waals surface area contributed by atoms with E-state index in [0.717, 1.165) is 69.2 Å². The first-order valence-electron chi connectivity index (χ1n) is 14.3. The highest BCUT2D eigenvalue weighted by atomic mass is 32.3. The predicted molar refractivity (Wildman–Crippen MR) is 156 cm³/mol. The second-order valence-corrected chi connectivity index (χ2v) is 21.1. The average Bonchev–Trinajstić information content (AvgIpc) is 2.74. The molecule has 5 nitrogen and oxygen atoms in total. The number of alkyl halides is 10. The van der Waals surface area contributed by atoms with Gasteiger partial charge in [0.2, 0.25) is 0 Å². The average molecular weight is 733 g/mol. The maximum Gasteiger partial charge on any atom is 0.399 e. The quantitative estimate of drug-likeness (QED) is 0.176. The van der Waals surface area contributed by atoms with Crippen LogP contribution >= 0.6 is 0 Å². The van der Waals surface area contributed by atoms with E-state index in [1.165, 1.54) is 0 Å². The van der Waals surface area contributed by atoms with Crippen LogP contribution in [-0.4, -0.2) is 50.5 Å². The lowest BCUT2D eigenvalue weighted by Crippen LogP contribution is -2.65. The van der Waals surface area contributed by atoms with Gasteiger partial charge in [-0.2, -0.15) is 43.2 Å². The first-order chi connectivity index (χ1) is 19.2. The van der Waals surface area contributed by atoms with Gasteiger partial charge in [0.15, 0.2) is 0 Å². The van der Waals surface area contributed by atoms with Crippen LogP contribution in [0.5, 0.6) is 0 Å². The Morgan fingerprint density at radius 3 is 0.978 bits per heavy atom. The standard InChI is InChI=1S/C29H50F10O5S2/c1-18(2,20(5,6)26(30,31)23(11,12)28(34,35)36)17-19(3,4)45(40,41)44-46(42,43)25(15,16)21(7,8)22(9,10)27(32,33)24(13,14)29(37,38)39/h17H2,1-16H3. The van der Waals surface area contributed by atoms with Crippen LogP contribution in [0.25, 0.3) is 0 Å². The monoisotopic (exact) mass is 732 g/mol. The van der Waals surface area contributed by atoms with Crippen molar-refractivity contribution in [3.8, 4) is 0 Å². The first-order valence-corrected chi connectivity index (χ1v) is 17.1. The number of hydrogen-bond acceptors (Lipinski definition) is 5. The molecule has 0 aromatic rings. The molecule has 0 aliphatic carbocycles. The Bertz CT molecular complexity index is 1350. The van der Waals surface area contributed by atoms with E-state index in [1.54, 1.807) is 0 Å². The first kappa shape index (κ1) is 45.2. The lowest BCUT2D eigenvalue weighted by Gasteiger charge is -2.56. The summed E-state index contributed by atoms with van der Waals surface area (Å²) in [7, 11) is -11.0. The SMILES string of the molecule is CC(C)(CC(C)(C)S(=O)(=O)OS(=O)(=O)C(C)(C)C(C)(C)C(C)(C)C(F)(F)C(C)(C)C(F)(F)F)C(C)(C)C(F)(F)C(C)(C)C(F)(F)F. The molecule has 0 aromatic heterocycles. The van der Waals surface area contributed by atoms with Gasteiger partial charge in [0.05, 0.1) is 9.49 Å². The number of halogens is 10. The fourth-order valence-electron chi connectivity index (χ4n) is 5.47. The minimum absolute atomic E-state index is 0.248. The highest BCUT2D eigenvalue weighted by Gasteiger charge is 2.75. The molecule has 0 unspecified atom stereocenters. The fourth-order valence-corrected chi connectivity index (χ4v) is 9.25. The van der Waals surface area contributed by atoms with Crippen LogP contribution in [0.4, 0.5) is 43.9 Å². The molecule has 278 valence electrons. The van der Waals surface area contributed by atoms with Gasteiger partial charge in [-0.25, -0.2) is 17.6 Å². The van der Waals surface area contributed by atoms with Crippen molar-refractivity contribution in [2.75, 3.05) is 0 Å². The van der Waals surface area contributed by atoms with E-state index in [0.29, 0.717) is 27.7 Å². The molecule has 0 aromatic carbocycles. The lowest BCUT2D eigenvalue weighted by molar-refractivity contribution is -0.328.